The van der Waals surface area contributed by atoms with E-state index in [1.807, 2.05) is 6.92 Å². The largest absolute Gasteiger partial charge is 0.401 e. The fourth-order valence-corrected chi connectivity index (χ4v) is 4.12. The van der Waals surface area contributed by atoms with Gasteiger partial charge in [0, 0.05) is 32.2 Å². The molecule has 0 bridgehead atoms. The second-order valence-corrected chi connectivity index (χ2v) is 9.13. The van der Waals surface area contributed by atoms with Crippen LogP contribution in [0.25, 0.3) is 0 Å². The number of hydrogen-bond donors (Lipinski definition) is 3. The lowest BCUT2D eigenvalue weighted by Gasteiger charge is -2.25. The minimum Gasteiger partial charge on any atom is -0.357 e. The van der Waals surface area contributed by atoms with Gasteiger partial charge in [0.25, 0.3) is 0 Å². The van der Waals surface area contributed by atoms with Crippen molar-refractivity contribution < 1.29 is 21.6 Å². The molecule has 0 aromatic carbocycles. The fourth-order valence-electron chi connectivity index (χ4n) is 3.15. The zero-order chi connectivity index (χ0) is 19.9. The zero-order valence-corrected chi connectivity index (χ0v) is 16.5. The van der Waals surface area contributed by atoms with E-state index in [2.05, 4.69) is 20.3 Å². The van der Waals surface area contributed by atoms with Crippen LogP contribution in [0.3, 0.4) is 0 Å². The average molecular weight is 414 g/mol. The second kappa shape index (κ2) is 9.92. The van der Waals surface area contributed by atoms with E-state index in [-0.39, 0.29) is 24.9 Å². The number of guanidine groups is 1. The minimum atomic E-state index is -4.20. The monoisotopic (exact) mass is 413 g/mol. The van der Waals surface area contributed by atoms with Crippen molar-refractivity contribution in [1.82, 2.24) is 20.3 Å². The molecule has 2 fully saturated rings. The van der Waals surface area contributed by atoms with E-state index in [0.717, 1.165) is 19.3 Å². The summed E-state index contributed by atoms with van der Waals surface area (Å²) in [4.78, 5) is 5.61. The molecular weight excluding hydrogens is 383 g/mol. The minimum absolute atomic E-state index is 0.0916. The summed E-state index contributed by atoms with van der Waals surface area (Å²) >= 11 is 0. The first-order chi connectivity index (χ1) is 12.7. The van der Waals surface area contributed by atoms with Gasteiger partial charge in [0.05, 0.1) is 18.8 Å². The SMILES string of the molecule is CCNC(=NCCS(=O)(=O)NCC1CCC1)NC1CCN(CC(F)(F)F)C1. The first-order valence-electron chi connectivity index (χ1n) is 9.48. The van der Waals surface area contributed by atoms with Gasteiger partial charge in [0.15, 0.2) is 5.96 Å². The molecule has 1 aliphatic carbocycles. The van der Waals surface area contributed by atoms with Crippen molar-refractivity contribution in [2.24, 2.45) is 10.9 Å². The van der Waals surface area contributed by atoms with Gasteiger partial charge in [0.2, 0.25) is 10.0 Å². The van der Waals surface area contributed by atoms with Crippen molar-refractivity contribution in [2.75, 3.05) is 45.0 Å². The molecule has 11 heteroatoms. The van der Waals surface area contributed by atoms with Gasteiger partial charge in [-0.3, -0.25) is 9.89 Å². The van der Waals surface area contributed by atoms with Crippen molar-refractivity contribution in [3.63, 3.8) is 0 Å². The van der Waals surface area contributed by atoms with E-state index < -0.39 is 22.7 Å². The molecule has 1 atom stereocenters. The molecule has 2 rings (SSSR count). The zero-order valence-electron chi connectivity index (χ0n) is 15.7. The number of nitrogens with zero attached hydrogens (tertiary/aromatic N) is 2. The lowest BCUT2D eigenvalue weighted by Crippen LogP contribution is -2.45. The number of sulfonamides is 1. The highest BCUT2D eigenvalue weighted by molar-refractivity contribution is 7.89. The Hall–Kier alpha value is -1.07. The highest BCUT2D eigenvalue weighted by atomic mass is 32.2. The number of hydrogen-bond acceptors (Lipinski definition) is 4. The molecule has 0 aromatic heterocycles. The Bertz CT molecular complexity index is 593. The molecule has 0 radical (unpaired) electrons. The van der Waals surface area contributed by atoms with Gasteiger partial charge in [-0.1, -0.05) is 6.42 Å². The van der Waals surface area contributed by atoms with Crippen molar-refractivity contribution in [1.29, 1.82) is 0 Å². The van der Waals surface area contributed by atoms with Gasteiger partial charge in [-0.25, -0.2) is 13.1 Å². The van der Waals surface area contributed by atoms with Crippen molar-refractivity contribution >= 4 is 16.0 Å². The quantitative estimate of drug-likeness (QED) is 0.386. The van der Waals surface area contributed by atoms with Crippen LogP contribution in [0.1, 0.15) is 32.6 Å². The van der Waals surface area contributed by atoms with Crippen LogP contribution in [0.2, 0.25) is 0 Å². The van der Waals surface area contributed by atoms with Gasteiger partial charge < -0.3 is 10.6 Å². The van der Waals surface area contributed by atoms with Crippen molar-refractivity contribution in [3.8, 4) is 0 Å². The maximum absolute atomic E-state index is 12.5. The number of aliphatic imine (C=N–C) groups is 1. The highest BCUT2D eigenvalue weighted by Gasteiger charge is 2.34. The third-order valence-corrected chi connectivity index (χ3v) is 6.13. The van der Waals surface area contributed by atoms with Gasteiger partial charge in [-0.05, 0) is 32.1 Å². The molecule has 158 valence electrons. The summed E-state index contributed by atoms with van der Waals surface area (Å²) in [5, 5.41) is 6.11. The lowest BCUT2D eigenvalue weighted by atomic mass is 9.86. The molecule has 1 aliphatic heterocycles. The van der Waals surface area contributed by atoms with Crippen molar-refractivity contribution in [3.05, 3.63) is 0 Å². The summed E-state index contributed by atoms with van der Waals surface area (Å²) in [7, 11) is -3.37. The van der Waals surface area contributed by atoms with Crippen LogP contribution >= 0.6 is 0 Å². The van der Waals surface area contributed by atoms with E-state index in [4.69, 9.17) is 0 Å². The molecule has 1 heterocycles. The van der Waals surface area contributed by atoms with Crippen LogP contribution < -0.4 is 15.4 Å². The molecule has 0 spiro atoms. The topological polar surface area (TPSA) is 85.8 Å². The number of halogens is 3. The van der Waals surface area contributed by atoms with E-state index in [1.165, 1.54) is 4.90 Å². The summed E-state index contributed by atoms with van der Waals surface area (Å²) in [6.45, 7) is 2.77. The number of alkyl halides is 3. The predicted octanol–water partition coefficient (Wildman–Crippen LogP) is 0.898. The maximum Gasteiger partial charge on any atom is 0.401 e. The molecule has 3 N–H and O–H groups in total. The van der Waals surface area contributed by atoms with Gasteiger partial charge in [-0.2, -0.15) is 13.2 Å². The third kappa shape index (κ3) is 8.65. The van der Waals surface area contributed by atoms with Crippen LogP contribution in [0, 0.1) is 5.92 Å². The van der Waals surface area contributed by atoms with E-state index in [1.54, 1.807) is 0 Å². The number of likely N-dealkylation sites (tertiary alicyclic amines) is 1. The maximum atomic E-state index is 12.5. The molecule has 0 aromatic rings. The Labute approximate surface area is 159 Å². The first-order valence-corrected chi connectivity index (χ1v) is 11.1. The van der Waals surface area contributed by atoms with Gasteiger partial charge >= 0.3 is 6.18 Å². The van der Waals surface area contributed by atoms with E-state index >= 15 is 0 Å². The van der Waals surface area contributed by atoms with E-state index in [9.17, 15) is 21.6 Å². The standard InChI is InChI=1S/C16H30F3N5O2S/c1-2-20-15(23-14-6-8-24(11-14)12-16(17,18)19)21-7-9-27(25,26)22-10-13-4-3-5-13/h13-14,22H,2-12H2,1H3,(H2,20,21,23). The predicted molar refractivity (Wildman–Crippen MR) is 99.1 cm³/mol. The summed E-state index contributed by atoms with van der Waals surface area (Å²) in [6.07, 6.45) is -0.310. The molecule has 1 unspecified atom stereocenters. The van der Waals surface area contributed by atoms with E-state index in [0.29, 0.717) is 37.9 Å². The van der Waals surface area contributed by atoms with Crippen LogP contribution in [-0.2, 0) is 10.0 Å². The summed E-state index contributed by atoms with van der Waals surface area (Å²) in [5.41, 5.74) is 0. The number of rotatable bonds is 9. The average Bonchev–Trinajstić information content (AvgIpc) is 2.90. The normalized spacial score (nSPS) is 22.7. The van der Waals surface area contributed by atoms with Crippen LogP contribution in [-0.4, -0.2) is 76.5 Å². The molecule has 1 saturated carbocycles. The summed E-state index contributed by atoms with van der Waals surface area (Å²) in [6, 6.07) is -0.140. The Morgan fingerprint density at radius 2 is 2.00 bits per heavy atom. The second-order valence-electron chi connectivity index (χ2n) is 7.21. The Morgan fingerprint density at radius 1 is 1.26 bits per heavy atom. The molecule has 27 heavy (non-hydrogen) atoms. The Balaban J connectivity index is 1.76. The summed E-state index contributed by atoms with van der Waals surface area (Å²) < 4.78 is 64.0. The van der Waals surface area contributed by atoms with Crippen LogP contribution in [0.4, 0.5) is 13.2 Å². The molecule has 7 nitrogen and oxygen atoms in total. The summed E-state index contributed by atoms with van der Waals surface area (Å²) in [5.74, 6) is 0.774. The molecule has 1 saturated heterocycles. The van der Waals surface area contributed by atoms with Crippen molar-refractivity contribution in [2.45, 2.75) is 44.8 Å². The Morgan fingerprint density at radius 3 is 2.59 bits per heavy atom. The molecule has 2 aliphatic rings. The Kier molecular flexibility index (Phi) is 8.17. The number of nitrogens with one attached hydrogen (secondary N) is 3. The van der Waals surface area contributed by atoms with Crippen LogP contribution in [0.15, 0.2) is 4.99 Å². The smallest absolute Gasteiger partial charge is 0.357 e. The molecular formula is C16H30F3N5O2S. The van der Waals surface area contributed by atoms with Gasteiger partial charge in [0.1, 0.15) is 0 Å². The highest BCUT2D eigenvalue weighted by Crippen LogP contribution is 2.25. The fraction of sp³-hybridized carbons (Fsp3) is 0.938. The first kappa shape index (κ1) is 22.2. The lowest BCUT2D eigenvalue weighted by molar-refractivity contribution is -0.143. The van der Waals surface area contributed by atoms with Crippen LogP contribution in [0.5, 0.6) is 0 Å². The third-order valence-electron chi connectivity index (χ3n) is 4.81. The van der Waals surface area contributed by atoms with Gasteiger partial charge in [-0.15, -0.1) is 0 Å². The molecule has 0 amide bonds.